The van der Waals surface area contributed by atoms with Crippen molar-refractivity contribution in [2.45, 2.75) is 46.3 Å². The van der Waals surface area contributed by atoms with Crippen molar-refractivity contribution in [2.75, 3.05) is 0 Å². The van der Waals surface area contributed by atoms with Gasteiger partial charge in [0.1, 0.15) is 0 Å². The molecule has 1 heterocycles. The molecule has 2 heteroatoms. The summed E-state index contributed by atoms with van der Waals surface area (Å²) in [5.74, 6) is 0. The van der Waals surface area contributed by atoms with E-state index in [1.807, 2.05) is 23.5 Å². The Labute approximate surface area is 117 Å². The number of rotatable bonds is 2. The summed E-state index contributed by atoms with van der Waals surface area (Å²) in [6.07, 6.45) is 2.24. The summed E-state index contributed by atoms with van der Waals surface area (Å²) in [6, 6.07) is 13.4. The largest absolute Gasteiger partial charge is 0.0877 e. The molecule has 0 N–H and O–H groups in total. The Morgan fingerprint density at radius 1 is 0.833 bits per heavy atom. The Hall–Kier alpha value is -0.860. The molecule has 1 aliphatic heterocycles. The Morgan fingerprint density at radius 2 is 1.56 bits per heavy atom. The van der Waals surface area contributed by atoms with Gasteiger partial charge in [0.25, 0.3) is 0 Å². The van der Waals surface area contributed by atoms with Crippen molar-refractivity contribution in [2.24, 2.45) is 0 Å². The number of benzene rings is 2. The van der Waals surface area contributed by atoms with Gasteiger partial charge in [-0.25, -0.2) is 0 Å². The van der Waals surface area contributed by atoms with Crippen molar-refractivity contribution >= 4 is 23.5 Å². The highest BCUT2D eigenvalue weighted by atomic mass is 32.2. The fraction of sp³-hybridized carbons (Fsp3) is 0.250. The minimum Gasteiger partial charge on any atom is -0.0877 e. The van der Waals surface area contributed by atoms with Crippen LogP contribution in [0.3, 0.4) is 0 Å². The molecule has 0 saturated carbocycles. The van der Waals surface area contributed by atoms with Crippen LogP contribution in [0.4, 0.5) is 0 Å². The number of hydrogen-bond acceptors (Lipinski definition) is 2. The first kappa shape index (κ1) is 12.2. The molecule has 2 aromatic carbocycles. The maximum Gasteiger partial charge on any atom is 0.0294 e. The molecule has 0 saturated heterocycles. The third-order valence-corrected chi connectivity index (χ3v) is 5.90. The van der Waals surface area contributed by atoms with Crippen molar-refractivity contribution in [3.8, 4) is 0 Å². The standard InChI is InChI=1S/C16H16S2/c1-3-11-9-12(4-2)16-15(10-11)17-13-7-5-6-8-14(13)18-16/h5-10H,3-4H2,1-2H3. The topological polar surface area (TPSA) is 0 Å². The Balaban J connectivity index is 2.11. The average Bonchev–Trinajstić information content (AvgIpc) is 2.43. The molecule has 18 heavy (non-hydrogen) atoms. The van der Waals surface area contributed by atoms with Crippen molar-refractivity contribution in [1.29, 1.82) is 0 Å². The van der Waals surface area contributed by atoms with Crippen LogP contribution in [0.25, 0.3) is 0 Å². The summed E-state index contributed by atoms with van der Waals surface area (Å²) in [4.78, 5) is 5.70. The van der Waals surface area contributed by atoms with E-state index in [0.29, 0.717) is 0 Å². The smallest absolute Gasteiger partial charge is 0.0294 e. The fourth-order valence-electron chi connectivity index (χ4n) is 2.23. The van der Waals surface area contributed by atoms with Gasteiger partial charge in [0, 0.05) is 19.6 Å². The summed E-state index contributed by atoms with van der Waals surface area (Å²) in [5.41, 5.74) is 2.95. The second kappa shape index (κ2) is 5.02. The van der Waals surface area contributed by atoms with Crippen LogP contribution in [-0.4, -0.2) is 0 Å². The molecule has 0 bridgehead atoms. The number of hydrogen-bond donors (Lipinski definition) is 0. The molecule has 0 fully saturated rings. The van der Waals surface area contributed by atoms with Gasteiger partial charge in [-0.2, -0.15) is 0 Å². The Kier molecular flexibility index (Phi) is 3.40. The zero-order valence-corrected chi connectivity index (χ0v) is 12.3. The summed E-state index contributed by atoms with van der Waals surface area (Å²) in [5, 5.41) is 0. The van der Waals surface area contributed by atoms with E-state index in [9.17, 15) is 0 Å². The molecule has 0 unspecified atom stereocenters. The Morgan fingerprint density at radius 3 is 2.22 bits per heavy atom. The van der Waals surface area contributed by atoms with E-state index >= 15 is 0 Å². The SMILES string of the molecule is CCc1cc(CC)c2c(c1)Sc1ccccc1S2. The average molecular weight is 272 g/mol. The molecule has 2 aromatic rings. The van der Waals surface area contributed by atoms with Crippen LogP contribution in [-0.2, 0) is 12.8 Å². The second-order valence-corrected chi connectivity index (χ2v) is 6.58. The zero-order chi connectivity index (χ0) is 12.5. The maximum absolute atomic E-state index is 2.38. The molecule has 1 aliphatic rings. The minimum absolute atomic E-state index is 1.12. The quantitative estimate of drug-likeness (QED) is 0.610. The van der Waals surface area contributed by atoms with Crippen molar-refractivity contribution in [3.05, 3.63) is 47.5 Å². The fourth-order valence-corrected chi connectivity index (χ4v) is 4.74. The molecule has 0 radical (unpaired) electrons. The first-order valence-electron chi connectivity index (χ1n) is 6.42. The summed E-state index contributed by atoms with van der Waals surface area (Å²) < 4.78 is 0. The lowest BCUT2D eigenvalue weighted by atomic mass is 10.1. The van der Waals surface area contributed by atoms with E-state index in [0.717, 1.165) is 12.8 Å². The second-order valence-electron chi connectivity index (χ2n) is 4.44. The van der Waals surface area contributed by atoms with Gasteiger partial charge >= 0.3 is 0 Å². The predicted octanol–water partition coefficient (Wildman–Crippen LogP) is 5.43. The molecule has 0 atom stereocenters. The lowest BCUT2D eigenvalue weighted by molar-refractivity contribution is 0.989. The highest BCUT2D eigenvalue weighted by Gasteiger charge is 2.19. The van der Waals surface area contributed by atoms with Crippen LogP contribution < -0.4 is 0 Å². The van der Waals surface area contributed by atoms with Gasteiger partial charge in [-0.3, -0.25) is 0 Å². The molecule has 3 rings (SSSR count). The van der Waals surface area contributed by atoms with E-state index < -0.39 is 0 Å². The van der Waals surface area contributed by atoms with E-state index in [1.165, 1.54) is 30.7 Å². The van der Waals surface area contributed by atoms with Crippen LogP contribution in [0.15, 0.2) is 56.0 Å². The highest BCUT2D eigenvalue weighted by Crippen LogP contribution is 2.50. The van der Waals surface area contributed by atoms with Crippen LogP contribution in [0.5, 0.6) is 0 Å². The minimum atomic E-state index is 1.12. The van der Waals surface area contributed by atoms with Gasteiger partial charge in [0.15, 0.2) is 0 Å². The van der Waals surface area contributed by atoms with Gasteiger partial charge in [-0.15, -0.1) is 0 Å². The third kappa shape index (κ3) is 2.08. The Bertz CT molecular complexity index is 588. The molecular formula is C16H16S2. The number of fused-ring (bicyclic) bond motifs is 2. The third-order valence-electron chi connectivity index (χ3n) is 3.26. The highest BCUT2D eigenvalue weighted by molar-refractivity contribution is 8.05. The van der Waals surface area contributed by atoms with Gasteiger partial charge in [0.2, 0.25) is 0 Å². The summed E-state index contributed by atoms with van der Waals surface area (Å²) in [7, 11) is 0. The summed E-state index contributed by atoms with van der Waals surface area (Å²) >= 11 is 3.85. The molecule has 0 aromatic heterocycles. The van der Waals surface area contributed by atoms with E-state index in [4.69, 9.17) is 0 Å². The van der Waals surface area contributed by atoms with Gasteiger partial charge < -0.3 is 0 Å². The molecule has 0 nitrogen and oxygen atoms in total. The number of aryl methyl sites for hydroxylation is 2. The van der Waals surface area contributed by atoms with Crippen LogP contribution in [0.1, 0.15) is 25.0 Å². The summed E-state index contributed by atoms with van der Waals surface area (Å²) in [6.45, 7) is 4.48. The molecule has 0 aliphatic carbocycles. The van der Waals surface area contributed by atoms with Crippen LogP contribution >= 0.6 is 23.5 Å². The lowest BCUT2D eigenvalue weighted by Gasteiger charge is -2.21. The van der Waals surface area contributed by atoms with Crippen molar-refractivity contribution in [1.82, 2.24) is 0 Å². The van der Waals surface area contributed by atoms with Crippen LogP contribution in [0, 0.1) is 0 Å². The first-order chi connectivity index (χ1) is 8.81. The molecular weight excluding hydrogens is 256 g/mol. The predicted molar refractivity (Wildman–Crippen MR) is 79.9 cm³/mol. The van der Waals surface area contributed by atoms with Gasteiger partial charge in [0.05, 0.1) is 0 Å². The van der Waals surface area contributed by atoms with E-state index in [2.05, 4.69) is 50.2 Å². The maximum atomic E-state index is 2.38. The van der Waals surface area contributed by atoms with E-state index in [1.54, 1.807) is 0 Å². The molecule has 0 amide bonds. The van der Waals surface area contributed by atoms with Gasteiger partial charge in [-0.1, -0.05) is 55.6 Å². The molecule has 92 valence electrons. The molecule has 0 spiro atoms. The van der Waals surface area contributed by atoms with Crippen molar-refractivity contribution < 1.29 is 0 Å². The first-order valence-corrected chi connectivity index (χ1v) is 8.05. The zero-order valence-electron chi connectivity index (χ0n) is 10.7. The monoisotopic (exact) mass is 272 g/mol. The van der Waals surface area contributed by atoms with E-state index in [-0.39, 0.29) is 0 Å². The van der Waals surface area contributed by atoms with Gasteiger partial charge in [-0.05, 0) is 42.2 Å². The van der Waals surface area contributed by atoms with Crippen molar-refractivity contribution in [3.63, 3.8) is 0 Å². The van der Waals surface area contributed by atoms with Crippen LogP contribution in [0.2, 0.25) is 0 Å². The normalized spacial score (nSPS) is 13.0. The lowest BCUT2D eigenvalue weighted by Crippen LogP contribution is -1.96.